The predicted octanol–water partition coefficient (Wildman–Crippen LogP) is 0.361. The van der Waals surface area contributed by atoms with Crippen molar-refractivity contribution in [3.8, 4) is 0 Å². The molecule has 1 saturated heterocycles. The topological polar surface area (TPSA) is 33.3 Å². The molecule has 0 amide bonds. The second kappa shape index (κ2) is 4.80. The van der Waals surface area contributed by atoms with Crippen molar-refractivity contribution in [1.82, 2.24) is 10.6 Å². The lowest BCUT2D eigenvalue weighted by molar-refractivity contribution is 0.117. The Bertz CT molecular complexity index is 128. The molecule has 0 radical (unpaired) electrons. The van der Waals surface area contributed by atoms with Crippen LogP contribution in [0.3, 0.4) is 0 Å². The van der Waals surface area contributed by atoms with Gasteiger partial charge in [-0.25, -0.2) is 0 Å². The van der Waals surface area contributed by atoms with Gasteiger partial charge >= 0.3 is 0 Å². The van der Waals surface area contributed by atoms with Crippen molar-refractivity contribution in [3.63, 3.8) is 0 Å². The summed E-state index contributed by atoms with van der Waals surface area (Å²) < 4.78 is 5.26. The van der Waals surface area contributed by atoms with Crippen LogP contribution in [0, 0.1) is 0 Å². The van der Waals surface area contributed by atoms with Crippen molar-refractivity contribution in [2.75, 3.05) is 20.2 Å². The van der Waals surface area contributed by atoms with Gasteiger partial charge in [-0.15, -0.1) is 0 Å². The molecule has 1 heterocycles. The van der Waals surface area contributed by atoms with Gasteiger partial charge in [0.2, 0.25) is 0 Å². The summed E-state index contributed by atoms with van der Waals surface area (Å²) in [7, 11) is 1.78. The van der Waals surface area contributed by atoms with Crippen molar-refractivity contribution >= 4 is 0 Å². The van der Waals surface area contributed by atoms with Gasteiger partial charge in [0.1, 0.15) is 0 Å². The first-order valence-corrected chi connectivity index (χ1v) is 4.72. The third-order valence-corrected chi connectivity index (χ3v) is 2.29. The Kier molecular flexibility index (Phi) is 3.98. The van der Waals surface area contributed by atoms with Crippen LogP contribution in [-0.4, -0.2) is 38.4 Å². The highest BCUT2D eigenvalue weighted by Gasteiger charge is 2.22. The summed E-state index contributed by atoms with van der Waals surface area (Å²) in [5.41, 5.74) is 0. The molecule has 2 unspecified atom stereocenters. The Morgan fingerprint density at radius 1 is 1.58 bits per heavy atom. The third-order valence-electron chi connectivity index (χ3n) is 2.29. The van der Waals surface area contributed by atoms with Crippen molar-refractivity contribution in [2.24, 2.45) is 0 Å². The predicted molar refractivity (Wildman–Crippen MR) is 50.3 cm³/mol. The van der Waals surface area contributed by atoms with E-state index in [4.69, 9.17) is 4.74 Å². The zero-order valence-electron chi connectivity index (χ0n) is 8.26. The molecular weight excluding hydrogens is 152 g/mol. The summed E-state index contributed by atoms with van der Waals surface area (Å²) in [6.45, 7) is 6.39. The normalized spacial score (nSPS) is 30.0. The zero-order chi connectivity index (χ0) is 8.97. The lowest BCUT2D eigenvalue weighted by atomic mass is 10.2. The molecule has 3 heteroatoms. The van der Waals surface area contributed by atoms with E-state index in [0.29, 0.717) is 18.2 Å². The monoisotopic (exact) mass is 172 g/mol. The summed E-state index contributed by atoms with van der Waals surface area (Å²) in [5.74, 6) is 0. The number of hydrogen-bond donors (Lipinski definition) is 2. The van der Waals surface area contributed by atoms with Gasteiger partial charge < -0.3 is 15.4 Å². The summed E-state index contributed by atoms with van der Waals surface area (Å²) in [6, 6.07) is 1.17. The highest BCUT2D eigenvalue weighted by molar-refractivity contribution is 4.83. The first-order chi connectivity index (χ1) is 5.72. The molecular formula is C9H20N2O. The molecule has 0 spiro atoms. The third kappa shape index (κ3) is 3.09. The number of nitrogens with one attached hydrogen (secondary N) is 2. The molecule has 1 aliphatic rings. The standard InChI is InChI=1S/C9H20N2O/c1-7(2)10-5-8-4-9(12-3)6-11-8/h7-11H,4-6H2,1-3H3. The van der Waals surface area contributed by atoms with Gasteiger partial charge in [0, 0.05) is 32.3 Å². The van der Waals surface area contributed by atoms with Gasteiger partial charge in [0.05, 0.1) is 6.10 Å². The Morgan fingerprint density at radius 2 is 2.33 bits per heavy atom. The van der Waals surface area contributed by atoms with E-state index in [1.165, 1.54) is 0 Å². The van der Waals surface area contributed by atoms with E-state index in [9.17, 15) is 0 Å². The first kappa shape index (κ1) is 9.96. The van der Waals surface area contributed by atoms with Crippen LogP contribution >= 0.6 is 0 Å². The SMILES string of the molecule is COC1CNC(CNC(C)C)C1. The van der Waals surface area contributed by atoms with E-state index in [1.54, 1.807) is 7.11 Å². The van der Waals surface area contributed by atoms with Gasteiger partial charge in [-0.3, -0.25) is 0 Å². The van der Waals surface area contributed by atoms with Crippen LogP contribution < -0.4 is 10.6 Å². The zero-order valence-corrected chi connectivity index (χ0v) is 8.26. The summed E-state index contributed by atoms with van der Waals surface area (Å²) in [5, 5.41) is 6.84. The Morgan fingerprint density at radius 3 is 2.83 bits per heavy atom. The maximum Gasteiger partial charge on any atom is 0.0711 e. The van der Waals surface area contributed by atoms with Crippen molar-refractivity contribution in [2.45, 2.75) is 38.5 Å². The van der Waals surface area contributed by atoms with Crippen LogP contribution in [-0.2, 0) is 4.74 Å². The summed E-state index contributed by atoms with van der Waals surface area (Å²) in [4.78, 5) is 0. The molecule has 3 nitrogen and oxygen atoms in total. The number of rotatable bonds is 4. The molecule has 2 atom stereocenters. The number of methoxy groups -OCH3 is 1. The molecule has 0 aromatic rings. The second-order valence-electron chi connectivity index (χ2n) is 3.76. The molecule has 1 fully saturated rings. The van der Waals surface area contributed by atoms with E-state index < -0.39 is 0 Å². The van der Waals surface area contributed by atoms with Gasteiger partial charge in [0.15, 0.2) is 0 Å². The van der Waals surface area contributed by atoms with E-state index in [-0.39, 0.29) is 0 Å². The number of hydrogen-bond acceptors (Lipinski definition) is 3. The van der Waals surface area contributed by atoms with Gasteiger partial charge in [-0.05, 0) is 6.42 Å². The molecule has 72 valence electrons. The van der Waals surface area contributed by atoms with Crippen LogP contribution in [0.5, 0.6) is 0 Å². The van der Waals surface area contributed by atoms with Crippen LogP contribution in [0.4, 0.5) is 0 Å². The van der Waals surface area contributed by atoms with E-state index in [1.807, 2.05) is 0 Å². The molecule has 0 bridgehead atoms. The minimum absolute atomic E-state index is 0.420. The van der Waals surface area contributed by atoms with Crippen molar-refractivity contribution in [3.05, 3.63) is 0 Å². The van der Waals surface area contributed by atoms with Crippen molar-refractivity contribution in [1.29, 1.82) is 0 Å². The second-order valence-corrected chi connectivity index (χ2v) is 3.76. The molecule has 0 saturated carbocycles. The lowest BCUT2D eigenvalue weighted by Crippen LogP contribution is -2.37. The average molecular weight is 172 g/mol. The first-order valence-electron chi connectivity index (χ1n) is 4.72. The minimum atomic E-state index is 0.420. The van der Waals surface area contributed by atoms with Crippen LogP contribution in [0.2, 0.25) is 0 Å². The quantitative estimate of drug-likeness (QED) is 0.642. The fourth-order valence-corrected chi connectivity index (χ4v) is 1.50. The molecule has 12 heavy (non-hydrogen) atoms. The largest absolute Gasteiger partial charge is 0.380 e. The van der Waals surface area contributed by atoms with Crippen LogP contribution in [0.25, 0.3) is 0 Å². The van der Waals surface area contributed by atoms with E-state index in [0.717, 1.165) is 19.5 Å². The van der Waals surface area contributed by atoms with Gasteiger partial charge in [-0.2, -0.15) is 0 Å². The fraction of sp³-hybridized carbons (Fsp3) is 1.00. The minimum Gasteiger partial charge on any atom is -0.380 e. The molecule has 1 rings (SSSR count). The summed E-state index contributed by atoms with van der Waals surface area (Å²) >= 11 is 0. The van der Waals surface area contributed by atoms with Crippen molar-refractivity contribution < 1.29 is 4.74 Å². The fourth-order valence-electron chi connectivity index (χ4n) is 1.50. The summed E-state index contributed by atoms with van der Waals surface area (Å²) in [6.07, 6.45) is 1.56. The maximum atomic E-state index is 5.26. The van der Waals surface area contributed by atoms with Crippen LogP contribution in [0.15, 0.2) is 0 Å². The highest BCUT2D eigenvalue weighted by Crippen LogP contribution is 2.08. The number of ether oxygens (including phenoxy) is 1. The lowest BCUT2D eigenvalue weighted by Gasteiger charge is -2.13. The highest BCUT2D eigenvalue weighted by atomic mass is 16.5. The Hall–Kier alpha value is -0.120. The van der Waals surface area contributed by atoms with E-state index in [2.05, 4.69) is 24.5 Å². The molecule has 0 aromatic carbocycles. The molecule has 0 aliphatic carbocycles. The van der Waals surface area contributed by atoms with Crippen LogP contribution in [0.1, 0.15) is 20.3 Å². The maximum absolute atomic E-state index is 5.26. The van der Waals surface area contributed by atoms with Gasteiger partial charge in [0.25, 0.3) is 0 Å². The molecule has 0 aromatic heterocycles. The Balaban J connectivity index is 2.11. The Labute approximate surface area is 74.9 Å². The average Bonchev–Trinajstić information content (AvgIpc) is 2.48. The van der Waals surface area contributed by atoms with Gasteiger partial charge in [-0.1, -0.05) is 13.8 Å². The van der Waals surface area contributed by atoms with E-state index >= 15 is 0 Å². The molecule has 2 N–H and O–H groups in total. The smallest absolute Gasteiger partial charge is 0.0711 e. The molecule has 1 aliphatic heterocycles.